The number of likely N-dealkylation sites (tertiary alicyclic amines) is 1. The number of hydrogen-bond acceptors (Lipinski definition) is 5. The Labute approximate surface area is 226 Å². The maximum absolute atomic E-state index is 13.3. The number of aromatic nitrogens is 3. The van der Waals surface area contributed by atoms with E-state index in [0.29, 0.717) is 43.0 Å². The van der Waals surface area contributed by atoms with E-state index in [1.54, 1.807) is 6.07 Å². The van der Waals surface area contributed by atoms with E-state index in [2.05, 4.69) is 20.6 Å². The highest BCUT2D eigenvalue weighted by molar-refractivity contribution is 5.95. The van der Waals surface area contributed by atoms with Crippen molar-refractivity contribution in [2.75, 3.05) is 18.4 Å². The summed E-state index contributed by atoms with van der Waals surface area (Å²) < 4.78 is 1.97. The normalized spacial score (nSPS) is 13.8. The molecule has 194 valence electrons. The maximum Gasteiger partial charge on any atom is 0.270 e. The number of pyridine rings is 2. The molecular formula is C31H28N6O2. The van der Waals surface area contributed by atoms with E-state index in [1.807, 2.05) is 107 Å². The molecule has 1 fully saturated rings. The molecule has 0 saturated carbocycles. The second-order valence-electron chi connectivity index (χ2n) is 9.61. The highest BCUT2D eigenvalue weighted by Crippen LogP contribution is 2.22. The van der Waals surface area contributed by atoms with Gasteiger partial charge in [-0.25, -0.2) is 9.97 Å². The molecule has 0 bridgehead atoms. The molecule has 8 nitrogen and oxygen atoms in total. The molecule has 1 saturated heterocycles. The van der Waals surface area contributed by atoms with E-state index in [0.717, 1.165) is 22.6 Å². The summed E-state index contributed by atoms with van der Waals surface area (Å²) in [5, 5.41) is 6.31. The lowest BCUT2D eigenvalue weighted by Crippen LogP contribution is -2.46. The van der Waals surface area contributed by atoms with Gasteiger partial charge in [0, 0.05) is 48.3 Å². The number of nitrogens with one attached hydrogen (secondary N) is 2. The largest absolute Gasteiger partial charge is 0.348 e. The number of para-hydroxylation sites is 1. The first-order chi connectivity index (χ1) is 19.1. The highest BCUT2D eigenvalue weighted by Gasteiger charge is 2.25. The van der Waals surface area contributed by atoms with Gasteiger partial charge in [-0.05, 0) is 61.4 Å². The standard InChI is InChI=1S/C31H28N6O2/c38-30(26-12-7-13-28(34-26)32-24-10-2-1-3-11-24)33-25-15-18-36(19-16-25)31(39)23-9-6-8-22(20-23)27-21-37-17-5-4-14-29(37)35-27/h1-14,17,20-21,25H,15-16,18-19H2,(H,32,34)(H,33,38). The molecule has 3 aromatic heterocycles. The third-order valence-corrected chi connectivity index (χ3v) is 6.91. The van der Waals surface area contributed by atoms with Gasteiger partial charge in [0.1, 0.15) is 17.2 Å². The van der Waals surface area contributed by atoms with Gasteiger partial charge in [0.15, 0.2) is 0 Å². The van der Waals surface area contributed by atoms with Crippen molar-refractivity contribution in [3.63, 3.8) is 0 Å². The van der Waals surface area contributed by atoms with E-state index in [4.69, 9.17) is 0 Å². The van der Waals surface area contributed by atoms with E-state index in [-0.39, 0.29) is 17.9 Å². The van der Waals surface area contributed by atoms with Gasteiger partial charge in [-0.2, -0.15) is 0 Å². The van der Waals surface area contributed by atoms with E-state index in [1.165, 1.54) is 0 Å². The summed E-state index contributed by atoms with van der Waals surface area (Å²) in [4.78, 5) is 37.2. The Hall–Kier alpha value is -4.98. The van der Waals surface area contributed by atoms with Crippen molar-refractivity contribution in [2.45, 2.75) is 18.9 Å². The Morgan fingerprint density at radius 1 is 0.821 bits per heavy atom. The molecule has 2 amide bonds. The van der Waals surface area contributed by atoms with Crippen molar-refractivity contribution in [3.05, 3.63) is 115 Å². The van der Waals surface area contributed by atoms with Crippen molar-refractivity contribution >= 4 is 29.0 Å². The first-order valence-electron chi connectivity index (χ1n) is 13.1. The quantitative estimate of drug-likeness (QED) is 0.325. The summed E-state index contributed by atoms with van der Waals surface area (Å²) in [5.41, 5.74) is 4.50. The first-order valence-corrected chi connectivity index (χ1v) is 13.1. The van der Waals surface area contributed by atoms with Gasteiger partial charge in [-0.3, -0.25) is 9.59 Å². The van der Waals surface area contributed by atoms with Gasteiger partial charge in [-0.15, -0.1) is 0 Å². The molecule has 6 rings (SSSR count). The third-order valence-electron chi connectivity index (χ3n) is 6.91. The number of nitrogens with zero attached hydrogens (tertiary/aromatic N) is 4. The molecule has 0 spiro atoms. The number of fused-ring (bicyclic) bond motifs is 1. The Bertz CT molecular complexity index is 1590. The van der Waals surface area contributed by atoms with Crippen molar-refractivity contribution in [3.8, 4) is 11.3 Å². The van der Waals surface area contributed by atoms with Crippen LogP contribution in [-0.4, -0.2) is 50.2 Å². The summed E-state index contributed by atoms with van der Waals surface area (Å²) in [6.45, 7) is 1.15. The third kappa shape index (κ3) is 5.50. The molecule has 2 aromatic carbocycles. The number of piperidine rings is 1. The second kappa shape index (κ2) is 10.8. The summed E-state index contributed by atoms with van der Waals surface area (Å²) in [5.74, 6) is 0.392. The number of hydrogen-bond donors (Lipinski definition) is 2. The lowest BCUT2D eigenvalue weighted by atomic mass is 10.0. The monoisotopic (exact) mass is 516 g/mol. The molecule has 4 heterocycles. The molecular weight excluding hydrogens is 488 g/mol. The van der Waals surface area contributed by atoms with Crippen molar-refractivity contribution < 1.29 is 9.59 Å². The summed E-state index contributed by atoms with van der Waals surface area (Å²) in [6, 6.07) is 28.5. The van der Waals surface area contributed by atoms with Crippen LogP contribution in [-0.2, 0) is 0 Å². The van der Waals surface area contributed by atoms with Crippen LogP contribution in [0.4, 0.5) is 11.5 Å². The predicted octanol–water partition coefficient (Wildman–Crippen LogP) is 5.17. The highest BCUT2D eigenvalue weighted by atomic mass is 16.2. The van der Waals surface area contributed by atoms with Crippen molar-refractivity contribution in [2.24, 2.45) is 0 Å². The average molecular weight is 517 g/mol. The molecule has 8 heteroatoms. The zero-order valence-corrected chi connectivity index (χ0v) is 21.3. The molecule has 0 aliphatic carbocycles. The molecule has 5 aromatic rings. The van der Waals surface area contributed by atoms with Crippen LogP contribution >= 0.6 is 0 Å². The molecule has 39 heavy (non-hydrogen) atoms. The van der Waals surface area contributed by atoms with Crippen LogP contribution in [0.3, 0.4) is 0 Å². The van der Waals surface area contributed by atoms with Crippen LogP contribution in [0.5, 0.6) is 0 Å². The minimum atomic E-state index is -0.211. The number of benzene rings is 2. The number of rotatable bonds is 6. The molecule has 1 aliphatic rings. The number of anilines is 2. The van der Waals surface area contributed by atoms with Gasteiger partial charge >= 0.3 is 0 Å². The smallest absolute Gasteiger partial charge is 0.270 e. The maximum atomic E-state index is 13.3. The first kappa shape index (κ1) is 24.4. The predicted molar refractivity (Wildman–Crippen MR) is 151 cm³/mol. The fourth-order valence-electron chi connectivity index (χ4n) is 4.85. The van der Waals surface area contributed by atoms with Crippen LogP contribution in [0.1, 0.15) is 33.7 Å². The van der Waals surface area contributed by atoms with E-state index in [9.17, 15) is 9.59 Å². The molecule has 0 radical (unpaired) electrons. The zero-order valence-electron chi connectivity index (χ0n) is 21.3. The lowest BCUT2D eigenvalue weighted by Gasteiger charge is -2.32. The summed E-state index contributed by atoms with van der Waals surface area (Å²) in [7, 11) is 0. The summed E-state index contributed by atoms with van der Waals surface area (Å²) >= 11 is 0. The lowest BCUT2D eigenvalue weighted by molar-refractivity contribution is 0.0697. The number of carbonyl (C=O) groups is 2. The Morgan fingerprint density at radius 2 is 1.62 bits per heavy atom. The fraction of sp³-hybridized carbons (Fsp3) is 0.161. The topological polar surface area (TPSA) is 91.6 Å². The SMILES string of the molecule is O=C(NC1CCN(C(=O)c2cccc(-c3cn4ccccc4n3)c2)CC1)c1cccc(Nc2ccccc2)n1. The van der Waals surface area contributed by atoms with Crippen LogP contribution in [0.15, 0.2) is 103 Å². The molecule has 0 atom stereocenters. The van der Waals surface area contributed by atoms with Gasteiger partial charge in [0.05, 0.1) is 5.69 Å². The minimum Gasteiger partial charge on any atom is -0.348 e. The fourth-order valence-corrected chi connectivity index (χ4v) is 4.85. The molecule has 0 unspecified atom stereocenters. The van der Waals surface area contributed by atoms with Gasteiger partial charge in [0.25, 0.3) is 11.8 Å². The van der Waals surface area contributed by atoms with Crippen LogP contribution in [0.25, 0.3) is 16.9 Å². The minimum absolute atomic E-state index is 0.00764. The van der Waals surface area contributed by atoms with Crippen molar-refractivity contribution in [1.82, 2.24) is 24.6 Å². The molecule has 2 N–H and O–H groups in total. The molecule has 1 aliphatic heterocycles. The number of carbonyl (C=O) groups excluding carboxylic acids is 2. The van der Waals surface area contributed by atoms with Gasteiger partial charge in [-0.1, -0.05) is 42.5 Å². The van der Waals surface area contributed by atoms with Gasteiger partial charge in [0.2, 0.25) is 0 Å². The number of amides is 2. The van der Waals surface area contributed by atoms with Crippen LogP contribution in [0.2, 0.25) is 0 Å². The average Bonchev–Trinajstić information content (AvgIpc) is 3.43. The Kier molecular flexibility index (Phi) is 6.74. The Balaban J connectivity index is 1.06. The van der Waals surface area contributed by atoms with E-state index >= 15 is 0 Å². The Morgan fingerprint density at radius 3 is 2.44 bits per heavy atom. The van der Waals surface area contributed by atoms with E-state index < -0.39 is 0 Å². The summed E-state index contributed by atoms with van der Waals surface area (Å²) in [6.07, 6.45) is 5.30. The number of imidazole rings is 1. The second-order valence-corrected chi connectivity index (χ2v) is 9.61. The van der Waals surface area contributed by atoms with Crippen molar-refractivity contribution in [1.29, 1.82) is 0 Å². The zero-order chi connectivity index (χ0) is 26.6. The van der Waals surface area contributed by atoms with Crippen LogP contribution < -0.4 is 10.6 Å². The van der Waals surface area contributed by atoms with Gasteiger partial charge < -0.3 is 19.9 Å². The van der Waals surface area contributed by atoms with Crippen LogP contribution in [0, 0.1) is 0 Å².